The number of H-pyrrole nitrogens is 1. The zero-order chi connectivity index (χ0) is 17.4. The number of halogens is 1. The lowest BCUT2D eigenvalue weighted by Crippen LogP contribution is -2.41. The third-order valence-corrected chi connectivity index (χ3v) is 4.55. The Morgan fingerprint density at radius 1 is 1.43 bits per heavy atom. The van der Waals surface area contributed by atoms with Gasteiger partial charge in [-0.25, -0.2) is 17.6 Å². The van der Waals surface area contributed by atoms with Gasteiger partial charge in [0.25, 0.3) is 0 Å². The van der Waals surface area contributed by atoms with E-state index in [1.165, 1.54) is 0 Å². The van der Waals surface area contributed by atoms with Gasteiger partial charge in [-0.15, -0.1) is 0 Å². The highest BCUT2D eigenvalue weighted by atomic mass is 32.2. The normalized spacial score (nSPS) is 13.6. The Morgan fingerprint density at radius 2 is 2.09 bits per heavy atom. The number of benzene rings is 1. The number of carboxylic acids is 1. The molecule has 10 heteroatoms. The maximum absolute atomic E-state index is 14.0. The molecule has 0 unspecified atom stereocenters. The highest BCUT2D eigenvalue weighted by Gasteiger charge is 2.28. The van der Waals surface area contributed by atoms with Crippen LogP contribution in [0.5, 0.6) is 0 Å². The van der Waals surface area contributed by atoms with Gasteiger partial charge in [0, 0.05) is 12.1 Å². The second-order valence-corrected chi connectivity index (χ2v) is 7.12. The molecule has 0 aliphatic rings. The van der Waals surface area contributed by atoms with Gasteiger partial charge in [0.2, 0.25) is 10.0 Å². The monoisotopic (exact) mass is 346 g/mol. The van der Waals surface area contributed by atoms with E-state index < -0.39 is 38.5 Å². The van der Waals surface area contributed by atoms with E-state index in [4.69, 9.17) is 5.11 Å². The molecule has 0 aliphatic heterocycles. The van der Waals surface area contributed by atoms with Crippen molar-refractivity contribution in [3.63, 3.8) is 0 Å². The van der Waals surface area contributed by atoms with Gasteiger partial charge in [-0.3, -0.25) is 9.78 Å². The van der Waals surface area contributed by atoms with Gasteiger partial charge in [0.1, 0.15) is 16.8 Å². The number of carbonyl (C=O) groups is 1. The van der Waals surface area contributed by atoms with Gasteiger partial charge in [-0.2, -0.15) is 4.72 Å². The van der Waals surface area contributed by atoms with Crippen LogP contribution in [0.1, 0.15) is 20.3 Å². The number of nitrogens with one attached hydrogen (secondary N) is 2. The summed E-state index contributed by atoms with van der Waals surface area (Å²) in [5.74, 6) is -3.44. The predicted octanol–water partition coefficient (Wildman–Crippen LogP) is 1.04. The highest BCUT2D eigenvalue weighted by Crippen LogP contribution is 2.21. The van der Waals surface area contributed by atoms with Gasteiger partial charge in [0.15, 0.2) is 5.58 Å². The first-order valence-corrected chi connectivity index (χ1v) is 8.16. The molecule has 1 atom stereocenters. The van der Waals surface area contributed by atoms with E-state index in [0.717, 1.165) is 12.1 Å². The minimum Gasteiger partial charge on any atom is -0.480 e. The molecule has 23 heavy (non-hydrogen) atoms. The second kappa shape index (κ2) is 6.13. The van der Waals surface area contributed by atoms with Gasteiger partial charge in [0.05, 0.1) is 5.52 Å². The quantitative estimate of drug-likeness (QED) is 0.716. The van der Waals surface area contributed by atoms with Crippen molar-refractivity contribution in [2.45, 2.75) is 31.2 Å². The molecule has 2 rings (SSSR count). The summed E-state index contributed by atoms with van der Waals surface area (Å²) in [5.41, 5.74) is -0.143. The fraction of sp³-hybridized carbons (Fsp3) is 0.385. The van der Waals surface area contributed by atoms with Gasteiger partial charge >= 0.3 is 11.7 Å². The summed E-state index contributed by atoms with van der Waals surface area (Å²) >= 11 is 0. The van der Waals surface area contributed by atoms with Crippen LogP contribution < -0.4 is 10.5 Å². The third kappa shape index (κ3) is 3.77. The van der Waals surface area contributed by atoms with E-state index in [1.807, 2.05) is 4.72 Å². The third-order valence-electron chi connectivity index (χ3n) is 3.07. The van der Waals surface area contributed by atoms with E-state index in [1.54, 1.807) is 13.8 Å². The SMILES string of the molecule is CC(C)C[C@H](NS(=O)(=O)c1cc2oc(=O)[nH]c2cc1F)C(=O)O. The molecule has 0 fully saturated rings. The van der Waals surface area contributed by atoms with Crippen molar-refractivity contribution in [1.29, 1.82) is 0 Å². The molecule has 0 amide bonds. The number of carboxylic acid groups (broad SMARTS) is 1. The van der Waals surface area contributed by atoms with Crippen molar-refractivity contribution in [3.8, 4) is 0 Å². The van der Waals surface area contributed by atoms with E-state index in [9.17, 15) is 22.4 Å². The smallest absolute Gasteiger partial charge is 0.417 e. The Kier molecular flexibility index (Phi) is 4.57. The molecule has 2 aromatic rings. The number of rotatable bonds is 6. The summed E-state index contributed by atoms with van der Waals surface area (Å²) < 4.78 is 45.2. The largest absolute Gasteiger partial charge is 0.480 e. The summed E-state index contributed by atoms with van der Waals surface area (Å²) in [5, 5.41) is 9.09. The van der Waals surface area contributed by atoms with Crippen LogP contribution in [0.15, 0.2) is 26.2 Å². The number of fused-ring (bicyclic) bond motifs is 1. The van der Waals surface area contributed by atoms with Crippen LogP contribution in [0.3, 0.4) is 0 Å². The Hall–Kier alpha value is -2.20. The molecular formula is C13H15FN2O6S. The van der Waals surface area contributed by atoms with E-state index in [-0.39, 0.29) is 23.4 Å². The van der Waals surface area contributed by atoms with Crippen LogP contribution in [-0.4, -0.2) is 30.5 Å². The van der Waals surface area contributed by atoms with Crippen LogP contribution in [0, 0.1) is 11.7 Å². The van der Waals surface area contributed by atoms with Crippen LogP contribution in [-0.2, 0) is 14.8 Å². The minimum absolute atomic E-state index is 0.00316. The van der Waals surface area contributed by atoms with Crippen LogP contribution in [0.2, 0.25) is 0 Å². The number of oxazole rings is 1. The second-order valence-electron chi connectivity index (χ2n) is 5.43. The minimum atomic E-state index is -4.44. The van der Waals surface area contributed by atoms with Gasteiger partial charge in [-0.1, -0.05) is 13.8 Å². The highest BCUT2D eigenvalue weighted by molar-refractivity contribution is 7.89. The summed E-state index contributed by atoms with van der Waals surface area (Å²) in [4.78, 5) is 23.6. The Balaban J connectivity index is 2.44. The van der Waals surface area contributed by atoms with Crippen molar-refractivity contribution in [2.75, 3.05) is 0 Å². The molecule has 8 nitrogen and oxygen atoms in total. The lowest BCUT2D eigenvalue weighted by molar-refractivity contribution is -0.139. The number of aliphatic carboxylic acids is 1. The number of hydrogen-bond acceptors (Lipinski definition) is 5. The van der Waals surface area contributed by atoms with E-state index in [2.05, 4.69) is 9.40 Å². The molecule has 3 N–H and O–H groups in total. The fourth-order valence-corrected chi connectivity index (χ4v) is 3.36. The first kappa shape index (κ1) is 17.2. The lowest BCUT2D eigenvalue weighted by atomic mass is 10.1. The summed E-state index contributed by atoms with van der Waals surface area (Å²) in [7, 11) is -4.44. The maximum atomic E-state index is 14.0. The van der Waals surface area contributed by atoms with Crippen molar-refractivity contribution in [1.82, 2.24) is 9.71 Å². The molecule has 0 saturated heterocycles. The molecule has 0 spiro atoms. The van der Waals surface area contributed by atoms with Gasteiger partial charge < -0.3 is 9.52 Å². The van der Waals surface area contributed by atoms with E-state index >= 15 is 0 Å². The van der Waals surface area contributed by atoms with Crippen molar-refractivity contribution < 1.29 is 27.1 Å². The average Bonchev–Trinajstić information content (AvgIpc) is 2.75. The zero-order valence-electron chi connectivity index (χ0n) is 12.3. The van der Waals surface area contributed by atoms with Crippen molar-refractivity contribution in [2.24, 2.45) is 5.92 Å². The Bertz CT molecular complexity index is 899. The molecule has 0 radical (unpaired) electrons. The van der Waals surface area contributed by atoms with Crippen LogP contribution in [0.4, 0.5) is 4.39 Å². The van der Waals surface area contributed by atoms with Gasteiger partial charge in [-0.05, 0) is 12.3 Å². The predicted molar refractivity (Wildman–Crippen MR) is 78.0 cm³/mol. The Labute approximate surface area is 130 Å². The number of hydrogen-bond donors (Lipinski definition) is 3. The fourth-order valence-electron chi connectivity index (χ4n) is 2.08. The van der Waals surface area contributed by atoms with Crippen molar-refractivity contribution in [3.05, 3.63) is 28.5 Å². The van der Waals surface area contributed by atoms with E-state index in [0.29, 0.717) is 0 Å². The Morgan fingerprint density at radius 3 is 2.65 bits per heavy atom. The van der Waals surface area contributed by atoms with Crippen LogP contribution >= 0.6 is 0 Å². The summed E-state index contributed by atoms with van der Waals surface area (Å²) in [6, 6.07) is 0.236. The molecular weight excluding hydrogens is 331 g/mol. The molecule has 1 aromatic heterocycles. The molecule has 0 aliphatic carbocycles. The first-order chi connectivity index (χ1) is 10.6. The number of sulfonamides is 1. The first-order valence-electron chi connectivity index (χ1n) is 6.67. The topological polar surface area (TPSA) is 129 Å². The molecule has 0 bridgehead atoms. The standard InChI is InChI=1S/C13H15FN2O6S/c1-6(2)3-9(12(17)18)16-23(20,21)11-5-10-8(4-7(11)14)15-13(19)22-10/h4-6,9,16H,3H2,1-2H3,(H,15,19)(H,17,18)/t9-/m0/s1. The zero-order valence-corrected chi connectivity index (χ0v) is 13.1. The lowest BCUT2D eigenvalue weighted by Gasteiger charge is -2.16. The molecule has 1 heterocycles. The molecule has 0 saturated carbocycles. The molecule has 1 aromatic carbocycles. The number of aromatic nitrogens is 1. The maximum Gasteiger partial charge on any atom is 0.417 e. The molecule has 126 valence electrons. The summed E-state index contributed by atoms with van der Waals surface area (Å²) in [6.07, 6.45) is 0.0393. The van der Waals surface area contributed by atoms with Crippen LogP contribution in [0.25, 0.3) is 11.1 Å². The average molecular weight is 346 g/mol. The summed E-state index contributed by atoms with van der Waals surface area (Å²) in [6.45, 7) is 3.46. The number of aromatic amines is 1. The van der Waals surface area contributed by atoms with Crippen molar-refractivity contribution >= 4 is 27.1 Å².